The highest BCUT2D eigenvalue weighted by Gasteiger charge is 2.36. The highest BCUT2D eigenvalue weighted by atomic mass is 19.1. The second-order valence-corrected chi connectivity index (χ2v) is 7.50. The molecule has 160 valence electrons. The summed E-state index contributed by atoms with van der Waals surface area (Å²) in [5.74, 6) is -2.68. The van der Waals surface area contributed by atoms with Crippen LogP contribution in [0.15, 0.2) is 42.5 Å². The largest absolute Gasteiger partial charge is 0.352 e. The molecule has 0 spiro atoms. The number of nitrogens with one attached hydrogen (secondary N) is 1. The van der Waals surface area contributed by atoms with Gasteiger partial charge in [-0.1, -0.05) is 38.1 Å². The fourth-order valence-electron chi connectivity index (χ4n) is 3.62. The van der Waals surface area contributed by atoms with Crippen molar-refractivity contribution in [3.8, 4) is 0 Å². The molecule has 0 radical (unpaired) electrons. The first kappa shape index (κ1) is 21.9. The van der Waals surface area contributed by atoms with Crippen molar-refractivity contribution in [2.75, 3.05) is 24.5 Å². The van der Waals surface area contributed by atoms with E-state index in [9.17, 15) is 18.4 Å². The molecule has 3 rings (SSSR count). The van der Waals surface area contributed by atoms with Gasteiger partial charge in [0.25, 0.3) is 0 Å². The molecule has 5 nitrogen and oxygen atoms in total. The molecule has 1 heterocycles. The topological polar surface area (TPSA) is 52.7 Å². The molecule has 0 bridgehead atoms. The van der Waals surface area contributed by atoms with E-state index in [-0.39, 0.29) is 30.5 Å². The summed E-state index contributed by atoms with van der Waals surface area (Å²) in [5, 5.41) is 2.86. The van der Waals surface area contributed by atoms with Gasteiger partial charge in [-0.2, -0.15) is 0 Å². The van der Waals surface area contributed by atoms with Gasteiger partial charge in [-0.15, -0.1) is 0 Å². The molecule has 1 N–H and O–H groups in total. The van der Waals surface area contributed by atoms with E-state index in [1.54, 1.807) is 0 Å². The Morgan fingerprint density at radius 3 is 2.40 bits per heavy atom. The number of hydrogen-bond donors (Lipinski definition) is 1. The van der Waals surface area contributed by atoms with Crippen molar-refractivity contribution >= 4 is 17.5 Å². The molecule has 1 saturated heterocycles. The van der Waals surface area contributed by atoms with Gasteiger partial charge in [0.2, 0.25) is 11.8 Å². The van der Waals surface area contributed by atoms with E-state index in [1.165, 1.54) is 16.5 Å². The minimum atomic E-state index is -0.811. The zero-order valence-corrected chi connectivity index (χ0v) is 17.3. The van der Waals surface area contributed by atoms with Crippen molar-refractivity contribution in [3.63, 3.8) is 0 Å². The fraction of sp³-hybridized carbons (Fsp3) is 0.391. The maximum atomic E-state index is 14.0. The lowest BCUT2D eigenvalue weighted by Gasteiger charge is -2.18. The van der Waals surface area contributed by atoms with Gasteiger partial charge in [0.05, 0.1) is 11.6 Å². The first-order valence-electron chi connectivity index (χ1n) is 10.2. The lowest BCUT2D eigenvalue weighted by molar-refractivity contribution is -0.126. The van der Waals surface area contributed by atoms with Crippen molar-refractivity contribution in [2.24, 2.45) is 5.92 Å². The van der Waals surface area contributed by atoms with Crippen molar-refractivity contribution in [1.29, 1.82) is 0 Å². The molecule has 1 unspecified atom stereocenters. The van der Waals surface area contributed by atoms with E-state index in [0.717, 1.165) is 37.3 Å². The third kappa shape index (κ3) is 5.21. The molecule has 1 fully saturated rings. The number of carbonyl (C=O) groups is 2. The van der Waals surface area contributed by atoms with Crippen LogP contribution < -0.4 is 10.2 Å². The number of carbonyl (C=O) groups excluding carboxylic acids is 2. The molecular weight excluding hydrogens is 388 g/mol. The SMILES string of the molecule is CCN(CC)Cc1ccc(CNC(=O)C2CC(=O)N(c3ccc(F)cc3F)C2)cc1. The van der Waals surface area contributed by atoms with Crippen LogP contribution in [0.2, 0.25) is 0 Å². The number of halogens is 2. The minimum Gasteiger partial charge on any atom is -0.352 e. The van der Waals surface area contributed by atoms with Crippen LogP contribution in [-0.4, -0.2) is 36.3 Å². The maximum absolute atomic E-state index is 14.0. The van der Waals surface area contributed by atoms with Crippen molar-refractivity contribution < 1.29 is 18.4 Å². The van der Waals surface area contributed by atoms with Crippen LogP contribution in [-0.2, 0) is 22.7 Å². The van der Waals surface area contributed by atoms with Gasteiger partial charge < -0.3 is 10.2 Å². The Morgan fingerprint density at radius 1 is 1.10 bits per heavy atom. The molecular formula is C23H27F2N3O2. The monoisotopic (exact) mass is 415 g/mol. The summed E-state index contributed by atoms with van der Waals surface area (Å²) < 4.78 is 27.1. The summed E-state index contributed by atoms with van der Waals surface area (Å²) in [6.07, 6.45) is 0.00541. The maximum Gasteiger partial charge on any atom is 0.227 e. The van der Waals surface area contributed by atoms with Crippen LogP contribution in [0.3, 0.4) is 0 Å². The average Bonchev–Trinajstić information content (AvgIpc) is 3.12. The third-order valence-electron chi connectivity index (χ3n) is 5.49. The quantitative estimate of drug-likeness (QED) is 0.718. The van der Waals surface area contributed by atoms with Gasteiger partial charge >= 0.3 is 0 Å². The van der Waals surface area contributed by atoms with Crippen LogP contribution in [0.5, 0.6) is 0 Å². The van der Waals surface area contributed by atoms with Gasteiger partial charge in [-0.3, -0.25) is 14.5 Å². The van der Waals surface area contributed by atoms with Gasteiger partial charge in [0.1, 0.15) is 11.6 Å². The zero-order chi connectivity index (χ0) is 21.7. The third-order valence-corrected chi connectivity index (χ3v) is 5.49. The van der Waals surface area contributed by atoms with Crippen molar-refractivity contribution in [1.82, 2.24) is 10.2 Å². The zero-order valence-electron chi connectivity index (χ0n) is 17.3. The Morgan fingerprint density at radius 2 is 1.77 bits per heavy atom. The smallest absolute Gasteiger partial charge is 0.227 e. The van der Waals surface area contributed by atoms with Crippen LogP contribution in [0, 0.1) is 17.6 Å². The Bertz CT molecular complexity index is 898. The number of anilines is 1. The highest BCUT2D eigenvalue weighted by Crippen LogP contribution is 2.28. The summed E-state index contributed by atoms with van der Waals surface area (Å²) in [6, 6.07) is 11.1. The molecule has 7 heteroatoms. The first-order chi connectivity index (χ1) is 14.4. The van der Waals surface area contributed by atoms with Gasteiger partial charge in [0, 0.05) is 32.1 Å². The van der Waals surface area contributed by atoms with Gasteiger partial charge in [-0.25, -0.2) is 8.78 Å². The van der Waals surface area contributed by atoms with Gasteiger partial charge in [-0.05, 0) is 36.3 Å². The summed E-state index contributed by atoms with van der Waals surface area (Å²) in [4.78, 5) is 28.3. The van der Waals surface area contributed by atoms with Crippen LogP contribution >= 0.6 is 0 Å². The number of rotatable bonds is 8. The van der Waals surface area contributed by atoms with E-state index in [1.807, 2.05) is 12.1 Å². The van der Waals surface area contributed by atoms with Crippen LogP contribution in [0.4, 0.5) is 14.5 Å². The van der Waals surface area contributed by atoms with Gasteiger partial charge in [0.15, 0.2) is 0 Å². The first-order valence-corrected chi connectivity index (χ1v) is 10.2. The molecule has 0 aromatic heterocycles. The predicted octanol–water partition coefficient (Wildman–Crippen LogP) is 3.48. The van der Waals surface area contributed by atoms with E-state index in [4.69, 9.17) is 0 Å². The molecule has 1 aliphatic rings. The Kier molecular flexibility index (Phi) is 7.15. The summed E-state index contributed by atoms with van der Waals surface area (Å²) in [7, 11) is 0. The number of nitrogens with zero attached hydrogens (tertiary/aromatic N) is 2. The number of benzene rings is 2. The lowest BCUT2D eigenvalue weighted by atomic mass is 10.1. The van der Waals surface area contributed by atoms with E-state index < -0.39 is 17.6 Å². The Labute approximate surface area is 175 Å². The summed E-state index contributed by atoms with van der Waals surface area (Å²) in [5.41, 5.74) is 2.19. The molecule has 0 saturated carbocycles. The van der Waals surface area contributed by atoms with Crippen molar-refractivity contribution in [3.05, 3.63) is 65.2 Å². The second-order valence-electron chi connectivity index (χ2n) is 7.50. The predicted molar refractivity (Wildman–Crippen MR) is 112 cm³/mol. The van der Waals surface area contributed by atoms with E-state index >= 15 is 0 Å². The molecule has 30 heavy (non-hydrogen) atoms. The number of hydrogen-bond acceptors (Lipinski definition) is 3. The second kappa shape index (κ2) is 9.80. The Balaban J connectivity index is 1.54. The fourth-order valence-corrected chi connectivity index (χ4v) is 3.62. The molecule has 2 aromatic rings. The molecule has 0 aliphatic carbocycles. The summed E-state index contributed by atoms with van der Waals surface area (Å²) >= 11 is 0. The molecule has 1 atom stereocenters. The average molecular weight is 415 g/mol. The van der Waals surface area contributed by atoms with E-state index in [0.29, 0.717) is 6.54 Å². The molecule has 1 aliphatic heterocycles. The lowest BCUT2D eigenvalue weighted by Crippen LogP contribution is -2.32. The highest BCUT2D eigenvalue weighted by molar-refractivity contribution is 6.00. The molecule has 2 amide bonds. The Hall–Kier alpha value is -2.80. The van der Waals surface area contributed by atoms with E-state index in [2.05, 4.69) is 36.2 Å². The standard InChI is InChI=1S/C23H27F2N3O2/c1-3-27(4-2)14-17-7-5-16(6-8-17)13-26-23(30)18-11-22(29)28(15-18)21-10-9-19(24)12-20(21)25/h5-10,12,18H,3-4,11,13-15H2,1-2H3,(H,26,30). The normalized spacial score (nSPS) is 16.4. The number of amides is 2. The van der Waals surface area contributed by atoms with Crippen LogP contribution in [0.25, 0.3) is 0 Å². The van der Waals surface area contributed by atoms with Crippen LogP contribution in [0.1, 0.15) is 31.4 Å². The summed E-state index contributed by atoms with van der Waals surface area (Å²) in [6.45, 7) is 7.58. The van der Waals surface area contributed by atoms with Crippen molar-refractivity contribution in [2.45, 2.75) is 33.4 Å². The molecule has 2 aromatic carbocycles. The minimum absolute atomic E-state index is 0.000455.